The first kappa shape index (κ1) is 8.02. The Morgan fingerprint density at radius 2 is 2.30 bits per heavy atom. The van der Waals surface area contributed by atoms with Gasteiger partial charge in [-0.25, -0.2) is 0 Å². The molecule has 0 aromatic rings. The van der Waals surface area contributed by atoms with Crippen molar-refractivity contribution in [1.82, 2.24) is 0 Å². The van der Waals surface area contributed by atoms with E-state index >= 15 is 0 Å². The van der Waals surface area contributed by atoms with Gasteiger partial charge in [0.15, 0.2) is 0 Å². The van der Waals surface area contributed by atoms with Crippen molar-refractivity contribution in [3.8, 4) is 0 Å². The molecule has 2 nitrogen and oxygen atoms in total. The highest BCUT2D eigenvalue weighted by atomic mass is 16.5. The third kappa shape index (κ3) is 3.85. The van der Waals surface area contributed by atoms with Gasteiger partial charge in [-0.15, -0.1) is 0 Å². The largest absolute Gasteiger partial charge is 0.380 e. The second kappa shape index (κ2) is 3.94. The van der Waals surface area contributed by atoms with E-state index in [4.69, 9.17) is 10.5 Å². The maximum atomic E-state index is 5.50. The topological polar surface area (TPSA) is 35.2 Å². The molecule has 1 atom stereocenters. The van der Waals surface area contributed by atoms with Crippen molar-refractivity contribution in [2.45, 2.75) is 32.2 Å². The molecule has 1 aliphatic rings. The molecule has 1 aliphatic carbocycles. The highest BCUT2D eigenvalue weighted by Gasteiger charge is 2.20. The van der Waals surface area contributed by atoms with Gasteiger partial charge < -0.3 is 10.5 Å². The van der Waals surface area contributed by atoms with E-state index in [-0.39, 0.29) is 6.04 Å². The van der Waals surface area contributed by atoms with Crippen LogP contribution >= 0.6 is 0 Å². The van der Waals surface area contributed by atoms with E-state index in [9.17, 15) is 0 Å². The van der Waals surface area contributed by atoms with E-state index in [2.05, 4.69) is 0 Å². The Kier molecular flexibility index (Phi) is 3.16. The summed E-state index contributed by atoms with van der Waals surface area (Å²) in [5.74, 6) is 0.980. The van der Waals surface area contributed by atoms with Crippen molar-refractivity contribution in [2.24, 2.45) is 11.7 Å². The highest BCUT2D eigenvalue weighted by Crippen LogP contribution is 2.31. The molecular weight excluding hydrogens is 126 g/mol. The lowest BCUT2D eigenvalue weighted by atomic mass is 10.3. The smallest absolute Gasteiger partial charge is 0.0614 e. The molecule has 10 heavy (non-hydrogen) atoms. The molecule has 1 fully saturated rings. The van der Waals surface area contributed by atoms with Gasteiger partial charge in [0.05, 0.1) is 6.61 Å². The molecular formula is C8H17NO. The second-order valence-electron chi connectivity index (χ2n) is 3.28. The van der Waals surface area contributed by atoms with Gasteiger partial charge in [-0.05, 0) is 19.3 Å². The van der Waals surface area contributed by atoms with Gasteiger partial charge in [0, 0.05) is 12.6 Å². The summed E-state index contributed by atoms with van der Waals surface area (Å²) in [5, 5.41) is 0. The van der Waals surface area contributed by atoms with Crippen LogP contribution < -0.4 is 5.73 Å². The Morgan fingerprint density at radius 1 is 1.60 bits per heavy atom. The Bertz CT molecular complexity index is 85.3. The first-order chi connectivity index (χ1) is 4.79. The van der Waals surface area contributed by atoms with Crippen LogP contribution in [0.4, 0.5) is 0 Å². The fourth-order valence-corrected chi connectivity index (χ4v) is 0.926. The first-order valence-corrected chi connectivity index (χ1v) is 4.12. The minimum atomic E-state index is 0.194. The van der Waals surface area contributed by atoms with Crippen LogP contribution in [0.3, 0.4) is 0 Å². The van der Waals surface area contributed by atoms with Gasteiger partial charge in [-0.3, -0.25) is 0 Å². The van der Waals surface area contributed by atoms with Crippen molar-refractivity contribution in [3.63, 3.8) is 0 Å². The van der Waals surface area contributed by atoms with Gasteiger partial charge in [0.2, 0.25) is 0 Å². The molecule has 1 saturated carbocycles. The van der Waals surface area contributed by atoms with E-state index in [1.54, 1.807) is 0 Å². The van der Waals surface area contributed by atoms with Gasteiger partial charge in [-0.1, -0.05) is 12.8 Å². The lowest BCUT2D eigenvalue weighted by Crippen LogP contribution is -2.22. The van der Waals surface area contributed by atoms with Crippen LogP contribution in [-0.4, -0.2) is 19.3 Å². The first-order valence-electron chi connectivity index (χ1n) is 4.12. The van der Waals surface area contributed by atoms with Gasteiger partial charge in [-0.2, -0.15) is 0 Å². The number of rotatable bonds is 5. The van der Waals surface area contributed by atoms with Crippen LogP contribution in [-0.2, 0) is 4.74 Å². The van der Waals surface area contributed by atoms with E-state index < -0.39 is 0 Å². The molecule has 0 radical (unpaired) electrons. The SMILES string of the molecule is C[C@@H](N)COCCC1CC1. The zero-order chi connectivity index (χ0) is 7.40. The molecule has 0 bridgehead atoms. The highest BCUT2D eigenvalue weighted by molar-refractivity contribution is 4.72. The summed E-state index contributed by atoms with van der Waals surface area (Å²) >= 11 is 0. The van der Waals surface area contributed by atoms with E-state index in [0.29, 0.717) is 6.61 Å². The van der Waals surface area contributed by atoms with Gasteiger partial charge >= 0.3 is 0 Å². The molecule has 2 heteroatoms. The molecule has 0 amide bonds. The number of hydrogen-bond donors (Lipinski definition) is 1. The Labute approximate surface area is 62.7 Å². The van der Waals surface area contributed by atoms with E-state index in [1.165, 1.54) is 19.3 Å². The van der Waals surface area contributed by atoms with Crippen LogP contribution in [0.1, 0.15) is 26.2 Å². The minimum Gasteiger partial charge on any atom is -0.380 e. The average Bonchev–Trinajstić information content (AvgIpc) is 2.62. The summed E-state index contributed by atoms with van der Waals surface area (Å²) in [7, 11) is 0. The predicted octanol–water partition coefficient (Wildman–Crippen LogP) is 1.15. The third-order valence-corrected chi connectivity index (χ3v) is 1.75. The monoisotopic (exact) mass is 143 g/mol. The van der Waals surface area contributed by atoms with Crippen LogP contribution in [0.2, 0.25) is 0 Å². The number of nitrogens with two attached hydrogens (primary N) is 1. The molecule has 60 valence electrons. The average molecular weight is 143 g/mol. The van der Waals surface area contributed by atoms with E-state index in [0.717, 1.165) is 12.5 Å². The number of ether oxygens (including phenoxy) is 1. The molecule has 1 rings (SSSR count). The predicted molar refractivity (Wildman–Crippen MR) is 41.8 cm³/mol. The zero-order valence-electron chi connectivity index (χ0n) is 6.68. The molecule has 0 aliphatic heterocycles. The Morgan fingerprint density at radius 3 is 2.80 bits per heavy atom. The zero-order valence-corrected chi connectivity index (χ0v) is 6.68. The van der Waals surface area contributed by atoms with Crippen LogP contribution in [0, 0.1) is 5.92 Å². The summed E-state index contributed by atoms with van der Waals surface area (Å²) in [5.41, 5.74) is 5.50. The van der Waals surface area contributed by atoms with Gasteiger partial charge in [0.1, 0.15) is 0 Å². The summed E-state index contributed by atoms with van der Waals surface area (Å²) < 4.78 is 5.32. The third-order valence-electron chi connectivity index (χ3n) is 1.75. The molecule has 0 unspecified atom stereocenters. The Balaban J connectivity index is 1.76. The Hall–Kier alpha value is -0.0800. The summed E-state index contributed by atoms with van der Waals surface area (Å²) in [4.78, 5) is 0. The second-order valence-corrected chi connectivity index (χ2v) is 3.28. The lowest BCUT2D eigenvalue weighted by Gasteiger charge is -2.05. The van der Waals surface area contributed by atoms with Crippen molar-refractivity contribution < 1.29 is 4.74 Å². The molecule has 0 aromatic heterocycles. The molecule has 0 saturated heterocycles. The maximum absolute atomic E-state index is 5.50. The summed E-state index contributed by atoms with van der Waals surface area (Å²) in [6.07, 6.45) is 4.08. The van der Waals surface area contributed by atoms with Crippen molar-refractivity contribution >= 4 is 0 Å². The molecule has 0 aromatic carbocycles. The quantitative estimate of drug-likeness (QED) is 0.586. The van der Waals surface area contributed by atoms with Crippen LogP contribution in [0.5, 0.6) is 0 Å². The maximum Gasteiger partial charge on any atom is 0.0614 e. The summed E-state index contributed by atoms with van der Waals surface area (Å²) in [6.45, 7) is 3.59. The van der Waals surface area contributed by atoms with Crippen LogP contribution in [0.25, 0.3) is 0 Å². The lowest BCUT2D eigenvalue weighted by molar-refractivity contribution is 0.119. The standard InChI is InChI=1S/C8H17NO/c1-7(9)6-10-5-4-8-2-3-8/h7-8H,2-6,9H2,1H3/t7-/m1/s1. The normalized spacial score (nSPS) is 21.0. The van der Waals surface area contributed by atoms with Crippen molar-refractivity contribution in [2.75, 3.05) is 13.2 Å². The van der Waals surface area contributed by atoms with Crippen LogP contribution in [0.15, 0.2) is 0 Å². The molecule has 0 heterocycles. The molecule has 0 spiro atoms. The fourth-order valence-electron chi connectivity index (χ4n) is 0.926. The summed E-state index contributed by atoms with van der Waals surface area (Å²) in [6, 6.07) is 0.194. The van der Waals surface area contributed by atoms with E-state index in [1.807, 2.05) is 6.92 Å². The van der Waals surface area contributed by atoms with Gasteiger partial charge in [0.25, 0.3) is 0 Å². The molecule has 2 N–H and O–H groups in total. The van der Waals surface area contributed by atoms with Crippen molar-refractivity contribution in [1.29, 1.82) is 0 Å². The van der Waals surface area contributed by atoms with Crippen molar-refractivity contribution in [3.05, 3.63) is 0 Å². The fraction of sp³-hybridized carbons (Fsp3) is 1.00. The minimum absolute atomic E-state index is 0.194. The number of hydrogen-bond acceptors (Lipinski definition) is 2.